The van der Waals surface area contributed by atoms with Crippen LogP contribution in [-0.2, 0) is 29.5 Å². The number of nitrogens with one attached hydrogen (secondary N) is 1. The molecule has 2 N–H and O–H groups in total. The van der Waals surface area contributed by atoms with Gasteiger partial charge in [0.1, 0.15) is 21.4 Å². The van der Waals surface area contributed by atoms with Gasteiger partial charge in [0.2, 0.25) is 0 Å². The fourth-order valence-electron chi connectivity index (χ4n) is 3.18. The molecule has 0 unspecified atom stereocenters. The van der Waals surface area contributed by atoms with Gasteiger partial charge in [0.15, 0.2) is 0 Å². The van der Waals surface area contributed by atoms with Crippen LogP contribution >= 0.6 is 0 Å². The third-order valence-electron chi connectivity index (χ3n) is 5.02. The van der Waals surface area contributed by atoms with Crippen molar-refractivity contribution in [2.24, 2.45) is 15.3 Å². The molecule has 0 amide bonds. The van der Waals surface area contributed by atoms with Crippen molar-refractivity contribution < 1.29 is 171 Å². The molecule has 0 fully saturated rings. The van der Waals surface area contributed by atoms with Gasteiger partial charge in [0, 0.05) is 10.6 Å². The first kappa shape index (κ1) is 46.6. The van der Waals surface area contributed by atoms with E-state index in [-0.39, 0.29) is 159 Å². The summed E-state index contributed by atoms with van der Waals surface area (Å²) in [6.45, 7) is -0.181. The fourth-order valence-corrected chi connectivity index (χ4v) is 3.90. The van der Waals surface area contributed by atoms with Crippen LogP contribution in [0.3, 0.4) is 0 Å². The number of nitrogens with zero attached hydrogens (tertiary/aromatic N) is 3. The van der Waals surface area contributed by atoms with Crippen LogP contribution in [0.15, 0.2) is 93.1 Å². The summed E-state index contributed by atoms with van der Waals surface area (Å²) in [4.78, 5) is 36.6. The maximum absolute atomic E-state index is 12.0. The van der Waals surface area contributed by atoms with Gasteiger partial charge >= 0.3 is 124 Å². The van der Waals surface area contributed by atoms with Gasteiger partial charge in [-0.05, 0) is 36.0 Å². The molecule has 0 aromatic heterocycles. The van der Waals surface area contributed by atoms with Crippen LogP contribution in [0.25, 0.3) is 11.1 Å². The van der Waals surface area contributed by atoms with Crippen molar-refractivity contribution in [3.63, 3.8) is 0 Å². The van der Waals surface area contributed by atoms with E-state index in [2.05, 4.69) is 42.7 Å². The van der Waals surface area contributed by atoms with Gasteiger partial charge in [-0.25, -0.2) is 23.4 Å². The van der Waals surface area contributed by atoms with Crippen LogP contribution in [0.2, 0.25) is 0 Å². The first-order chi connectivity index (χ1) is 20.0. The predicted octanol–water partition coefficient (Wildman–Crippen LogP) is -10.7. The summed E-state index contributed by atoms with van der Waals surface area (Å²) in [7, 11) is -4.89. The maximum Gasteiger partial charge on any atom is 1.00 e. The third-order valence-corrected chi connectivity index (χ3v) is 5.89. The SMILES string of the molecule is O=C1[C-]=CC(=NNc2ccc(-c3[c-]cc(N=Nc4ccc(O)c(C(=O)O[O-])c4)cc3)c(S(=O)(=O)[O-])c2)C=C1.O=CO[O-].[Na+].[Na+].[Na+].[Na+]. The molecule has 3 aromatic carbocycles. The molecular weight excluding hydrogens is 668 g/mol. The summed E-state index contributed by atoms with van der Waals surface area (Å²) in [5, 5.41) is 40.3. The van der Waals surface area contributed by atoms with Crippen molar-refractivity contribution in [2.75, 3.05) is 5.43 Å². The van der Waals surface area contributed by atoms with Crippen molar-refractivity contribution in [3.05, 3.63) is 90.5 Å². The summed E-state index contributed by atoms with van der Waals surface area (Å²) in [6.07, 6.45) is 6.51. The molecule has 0 atom stereocenters. The van der Waals surface area contributed by atoms with Crippen LogP contribution in [0.1, 0.15) is 10.4 Å². The number of rotatable bonds is 8. The van der Waals surface area contributed by atoms with Crippen LogP contribution < -0.4 is 134 Å². The zero-order valence-electron chi connectivity index (χ0n) is 24.8. The second-order valence-corrected chi connectivity index (χ2v) is 9.07. The standard InChI is InChI=1S/C25H16N4O8S.CH2O3.4Na/c30-20-9-5-17(6-10-20)27-29-19-7-11-21(24(14-19)38(34,35)36)15-1-3-16(4-2-15)26-28-18-8-12-23(31)22(13-18)25(32)37-33;2-1-4-3;;;;/h1,3-9,11-14,29,31,33H,(H,34,35,36);1,3H;;;;/q-2;;4*+1/p-3. The summed E-state index contributed by atoms with van der Waals surface area (Å²) in [6, 6.07) is 14.9. The molecule has 0 heterocycles. The Kier molecular flexibility index (Phi) is 23.2. The first-order valence-electron chi connectivity index (χ1n) is 11.1. The zero-order valence-corrected chi connectivity index (χ0v) is 33.6. The second kappa shape index (κ2) is 22.9. The summed E-state index contributed by atoms with van der Waals surface area (Å²) in [5.41, 5.74) is 3.65. The van der Waals surface area contributed by atoms with Gasteiger partial charge in [-0.1, -0.05) is 11.6 Å². The van der Waals surface area contributed by atoms with Gasteiger partial charge in [0.25, 0.3) is 6.47 Å². The fraction of sp³-hybridized carbons (Fsp3) is 0. The Balaban J connectivity index is 0. The number of hydrazone groups is 1. The number of phenols is 1. The number of ketones is 1. The Labute approximate surface area is 350 Å². The Morgan fingerprint density at radius 1 is 0.957 bits per heavy atom. The van der Waals surface area contributed by atoms with Crippen LogP contribution in [-0.4, -0.2) is 42.0 Å². The van der Waals surface area contributed by atoms with E-state index < -0.39 is 26.7 Å². The Hall–Kier alpha value is -1.55. The minimum Gasteiger partial charge on any atom is -0.745 e. The third kappa shape index (κ3) is 14.3. The van der Waals surface area contributed by atoms with Crippen molar-refractivity contribution in [2.45, 2.75) is 4.90 Å². The minimum absolute atomic E-state index is 0. The average Bonchev–Trinajstić information content (AvgIpc) is 3.00. The Morgan fingerprint density at radius 2 is 1.61 bits per heavy atom. The quantitative estimate of drug-likeness (QED) is 0.0329. The number of aromatic hydroxyl groups is 1. The van der Waals surface area contributed by atoms with Crippen LogP contribution in [0.4, 0.5) is 17.1 Å². The number of hydrogen-bond acceptors (Lipinski definition) is 15. The maximum atomic E-state index is 12.0. The van der Waals surface area contributed by atoms with E-state index >= 15 is 0 Å². The zero-order chi connectivity index (χ0) is 30.7. The molecule has 216 valence electrons. The van der Waals surface area contributed by atoms with E-state index in [0.29, 0.717) is 11.4 Å². The average molecular weight is 683 g/mol. The molecule has 46 heavy (non-hydrogen) atoms. The first-order valence-corrected chi connectivity index (χ1v) is 12.5. The number of allylic oxidation sites excluding steroid dienone is 4. The molecule has 3 aromatic rings. The molecule has 0 saturated carbocycles. The summed E-state index contributed by atoms with van der Waals surface area (Å²) >= 11 is 0. The molecule has 0 aliphatic heterocycles. The molecule has 15 nitrogen and oxygen atoms in total. The number of carbonyl (C=O) groups excluding carboxylic acids is 3. The molecule has 0 saturated heterocycles. The van der Waals surface area contributed by atoms with E-state index in [1.54, 1.807) is 0 Å². The van der Waals surface area contributed by atoms with Gasteiger partial charge in [-0.2, -0.15) is 5.11 Å². The molecule has 1 aliphatic rings. The molecule has 4 rings (SSSR count). The Bertz CT molecular complexity index is 1720. The molecule has 1 aliphatic carbocycles. The smallest absolute Gasteiger partial charge is 0.745 e. The van der Waals surface area contributed by atoms with Crippen LogP contribution in [0, 0.1) is 12.1 Å². The normalized spacial score (nSPS) is 12.2. The number of carbonyl (C=O) groups is 3. The van der Waals surface area contributed by atoms with E-state index in [4.69, 9.17) is 10.1 Å². The summed E-state index contributed by atoms with van der Waals surface area (Å²) in [5.74, 6) is -2.06. The monoisotopic (exact) mass is 683 g/mol. The van der Waals surface area contributed by atoms with Gasteiger partial charge in [-0.15, -0.1) is 54.1 Å². The number of benzene rings is 3. The predicted molar refractivity (Wildman–Crippen MR) is 137 cm³/mol. The summed E-state index contributed by atoms with van der Waals surface area (Å²) < 4.78 is 35.9. The van der Waals surface area contributed by atoms with Crippen molar-refractivity contribution in [1.29, 1.82) is 0 Å². The molecule has 0 spiro atoms. The largest absolute Gasteiger partial charge is 1.00 e. The number of phenolic OH excluding ortho intramolecular Hbond substituents is 1. The molecule has 20 heteroatoms. The van der Waals surface area contributed by atoms with E-state index in [1.165, 1.54) is 54.6 Å². The van der Waals surface area contributed by atoms with Gasteiger partial charge in [0.05, 0.1) is 17.2 Å². The van der Waals surface area contributed by atoms with E-state index in [0.717, 1.165) is 18.2 Å². The van der Waals surface area contributed by atoms with Crippen molar-refractivity contribution in [3.8, 4) is 16.9 Å². The van der Waals surface area contributed by atoms with E-state index in [1.807, 2.05) is 0 Å². The molecule has 0 bridgehead atoms. The number of azo groups is 1. The second-order valence-electron chi connectivity index (χ2n) is 7.73. The minimum atomic E-state index is -4.89. The molecule has 0 radical (unpaired) electrons. The van der Waals surface area contributed by atoms with Gasteiger partial charge < -0.3 is 34.7 Å². The topological polar surface area (TPSA) is 242 Å². The van der Waals surface area contributed by atoms with Crippen molar-refractivity contribution in [1.82, 2.24) is 0 Å². The number of anilines is 1. The van der Waals surface area contributed by atoms with Crippen LogP contribution in [0.5, 0.6) is 5.75 Å². The van der Waals surface area contributed by atoms with Gasteiger partial charge in [-0.3, -0.25) is 10.2 Å². The van der Waals surface area contributed by atoms with E-state index in [9.17, 15) is 32.9 Å². The Morgan fingerprint density at radius 3 is 2.15 bits per heavy atom. The number of hydrogen-bond donors (Lipinski definition) is 2. The van der Waals surface area contributed by atoms with Crippen molar-refractivity contribution >= 4 is 51.1 Å². The molecular formula is C26H15N4Na4O11S-.